The van der Waals surface area contributed by atoms with Crippen LogP contribution >= 0.6 is 11.8 Å². The number of nitrogens with one attached hydrogen (secondary N) is 1. The van der Waals surface area contributed by atoms with Gasteiger partial charge in [0, 0.05) is 10.6 Å². The minimum absolute atomic E-state index is 0.0661. The van der Waals surface area contributed by atoms with E-state index in [0.717, 1.165) is 16.7 Å². The average Bonchev–Trinajstić information content (AvgIpc) is 2.60. The molecule has 0 radical (unpaired) electrons. The number of thioether (sulfide) groups is 1. The standard InChI is InChI=1S/C18H20N2O4S2/c1-12-7-8-16-15(9-12)20(26(3,22)23)11-17(24-16)18(21)19-13-5-4-6-14(10-13)25-2/h4-10,17H,11H2,1-3H3,(H,19,21). The number of nitrogens with zero attached hydrogens (tertiary/aromatic N) is 1. The Bertz CT molecular complexity index is 944. The summed E-state index contributed by atoms with van der Waals surface area (Å²) in [6.45, 7) is 1.81. The van der Waals surface area contributed by atoms with Crippen molar-refractivity contribution in [1.29, 1.82) is 0 Å². The monoisotopic (exact) mass is 392 g/mol. The van der Waals surface area contributed by atoms with Gasteiger partial charge in [0.25, 0.3) is 5.91 Å². The number of hydrogen-bond acceptors (Lipinski definition) is 5. The Balaban J connectivity index is 1.87. The molecule has 0 bridgehead atoms. The van der Waals surface area contributed by atoms with Crippen LogP contribution in [0.15, 0.2) is 47.4 Å². The second-order valence-electron chi connectivity index (χ2n) is 6.09. The van der Waals surface area contributed by atoms with Gasteiger partial charge < -0.3 is 10.1 Å². The fraction of sp³-hybridized carbons (Fsp3) is 0.278. The Morgan fingerprint density at radius 2 is 2.04 bits per heavy atom. The third-order valence-electron chi connectivity index (χ3n) is 4.01. The molecule has 26 heavy (non-hydrogen) atoms. The number of aryl methyl sites for hydroxylation is 1. The van der Waals surface area contributed by atoms with Gasteiger partial charge >= 0.3 is 0 Å². The van der Waals surface area contributed by atoms with E-state index in [0.29, 0.717) is 17.1 Å². The summed E-state index contributed by atoms with van der Waals surface area (Å²) in [7, 11) is -3.54. The van der Waals surface area contributed by atoms with Gasteiger partial charge in [0.05, 0.1) is 18.5 Å². The largest absolute Gasteiger partial charge is 0.476 e. The zero-order valence-corrected chi connectivity index (χ0v) is 16.4. The minimum Gasteiger partial charge on any atom is -0.476 e. The van der Waals surface area contributed by atoms with Crippen LogP contribution in [0.4, 0.5) is 11.4 Å². The molecule has 2 aromatic carbocycles. The quantitative estimate of drug-likeness (QED) is 0.810. The molecule has 1 unspecified atom stereocenters. The van der Waals surface area contributed by atoms with Crippen LogP contribution in [0.3, 0.4) is 0 Å². The molecule has 0 saturated heterocycles. The first-order valence-corrected chi connectivity index (χ1v) is 11.0. The highest BCUT2D eigenvalue weighted by molar-refractivity contribution is 7.98. The zero-order valence-electron chi connectivity index (χ0n) is 14.7. The molecule has 0 fully saturated rings. The molecule has 1 aliphatic heterocycles. The number of rotatable bonds is 4. The molecular formula is C18H20N2O4S2. The van der Waals surface area contributed by atoms with E-state index in [2.05, 4.69) is 5.32 Å². The zero-order chi connectivity index (χ0) is 18.9. The fourth-order valence-corrected chi connectivity index (χ4v) is 4.10. The summed E-state index contributed by atoms with van der Waals surface area (Å²) in [6.07, 6.45) is 2.15. The number of anilines is 2. The van der Waals surface area contributed by atoms with Crippen molar-refractivity contribution in [3.63, 3.8) is 0 Å². The average molecular weight is 393 g/mol. The lowest BCUT2D eigenvalue weighted by molar-refractivity contribution is -0.122. The number of ether oxygens (including phenoxy) is 1. The number of carbonyl (C=O) groups excluding carboxylic acids is 1. The topological polar surface area (TPSA) is 75.7 Å². The van der Waals surface area contributed by atoms with Gasteiger partial charge in [-0.25, -0.2) is 8.42 Å². The van der Waals surface area contributed by atoms with Gasteiger partial charge in [-0.1, -0.05) is 12.1 Å². The Kier molecular flexibility index (Phi) is 5.15. The Morgan fingerprint density at radius 3 is 2.73 bits per heavy atom. The molecule has 1 N–H and O–H groups in total. The van der Waals surface area contributed by atoms with Crippen molar-refractivity contribution in [1.82, 2.24) is 0 Å². The van der Waals surface area contributed by atoms with Crippen molar-refractivity contribution in [2.75, 3.05) is 28.7 Å². The number of sulfonamides is 1. The van der Waals surface area contributed by atoms with Gasteiger partial charge in [-0.15, -0.1) is 11.8 Å². The molecule has 0 aliphatic carbocycles. The summed E-state index contributed by atoms with van der Waals surface area (Å²) < 4.78 is 31.4. The lowest BCUT2D eigenvalue weighted by Crippen LogP contribution is -2.48. The van der Waals surface area contributed by atoms with Crippen LogP contribution in [0.5, 0.6) is 5.75 Å². The predicted octanol–water partition coefficient (Wildman–Crippen LogP) is 2.88. The Morgan fingerprint density at radius 1 is 1.27 bits per heavy atom. The van der Waals surface area contributed by atoms with E-state index >= 15 is 0 Å². The van der Waals surface area contributed by atoms with Crippen molar-refractivity contribution in [3.05, 3.63) is 48.0 Å². The molecule has 1 amide bonds. The molecule has 0 saturated carbocycles. The summed E-state index contributed by atoms with van der Waals surface area (Å²) in [5, 5.41) is 2.80. The van der Waals surface area contributed by atoms with Gasteiger partial charge in [0.15, 0.2) is 6.10 Å². The van der Waals surface area contributed by atoms with Crippen LogP contribution in [0.1, 0.15) is 5.56 Å². The lowest BCUT2D eigenvalue weighted by atomic mass is 10.1. The first-order valence-electron chi connectivity index (χ1n) is 7.98. The second kappa shape index (κ2) is 7.20. The van der Waals surface area contributed by atoms with E-state index in [1.54, 1.807) is 30.0 Å². The number of amides is 1. The first kappa shape index (κ1) is 18.6. The summed E-state index contributed by atoms with van der Waals surface area (Å²) in [5.74, 6) is -0.00609. The molecule has 6 nitrogen and oxygen atoms in total. The SMILES string of the molecule is CSc1cccc(NC(=O)C2CN(S(C)(=O)=O)c3cc(C)ccc3O2)c1. The Hall–Kier alpha value is -2.19. The second-order valence-corrected chi connectivity index (χ2v) is 8.88. The highest BCUT2D eigenvalue weighted by Gasteiger charge is 2.35. The number of benzene rings is 2. The van der Waals surface area contributed by atoms with Crippen LogP contribution in [-0.2, 0) is 14.8 Å². The van der Waals surface area contributed by atoms with Crippen LogP contribution in [0.25, 0.3) is 0 Å². The van der Waals surface area contributed by atoms with Gasteiger partial charge in [-0.2, -0.15) is 0 Å². The molecule has 3 rings (SSSR count). The highest BCUT2D eigenvalue weighted by atomic mass is 32.2. The summed E-state index contributed by atoms with van der Waals surface area (Å²) in [4.78, 5) is 13.7. The maximum absolute atomic E-state index is 12.7. The van der Waals surface area contributed by atoms with Crippen LogP contribution in [0, 0.1) is 6.92 Å². The molecular weight excluding hydrogens is 372 g/mol. The molecule has 1 atom stereocenters. The summed E-state index contributed by atoms with van der Waals surface area (Å²) in [6, 6.07) is 12.7. The highest BCUT2D eigenvalue weighted by Crippen LogP contribution is 2.36. The number of fused-ring (bicyclic) bond motifs is 1. The smallest absolute Gasteiger partial charge is 0.267 e. The van der Waals surface area contributed by atoms with E-state index in [4.69, 9.17) is 4.74 Å². The van der Waals surface area contributed by atoms with Gasteiger partial charge in [0.2, 0.25) is 10.0 Å². The molecule has 2 aromatic rings. The van der Waals surface area contributed by atoms with Crippen molar-refractivity contribution in [2.24, 2.45) is 0 Å². The van der Waals surface area contributed by atoms with Gasteiger partial charge in [-0.3, -0.25) is 9.10 Å². The summed E-state index contributed by atoms with van der Waals surface area (Å²) >= 11 is 1.57. The van der Waals surface area contributed by atoms with E-state index < -0.39 is 16.1 Å². The summed E-state index contributed by atoms with van der Waals surface area (Å²) in [5.41, 5.74) is 2.02. The van der Waals surface area contributed by atoms with Crippen molar-refractivity contribution >= 4 is 39.1 Å². The third kappa shape index (κ3) is 3.96. The maximum atomic E-state index is 12.7. The van der Waals surface area contributed by atoms with Gasteiger partial charge in [-0.05, 0) is 49.1 Å². The van der Waals surface area contributed by atoms with E-state index in [1.165, 1.54) is 4.31 Å². The predicted molar refractivity (Wildman–Crippen MR) is 105 cm³/mol. The third-order valence-corrected chi connectivity index (χ3v) is 5.89. The first-order chi connectivity index (χ1) is 12.3. The molecule has 8 heteroatoms. The van der Waals surface area contributed by atoms with Gasteiger partial charge in [0.1, 0.15) is 5.75 Å². The molecule has 1 heterocycles. The fourth-order valence-electron chi connectivity index (χ4n) is 2.74. The van der Waals surface area contributed by atoms with Crippen LogP contribution < -0.4 is 14.4 Å². The molecule has 0 aromatic heterocycles. The van der Waals surface area contributed by atoms with Crippen molar-refractivity contribution < 1.29 is 17.9 Å². The molecule has 0 spiro atoms. The minimum atomic E-state index is -3.54. The Labute approximate surface area is 157 Å². The van der Waals surface area contributed by atoms with Crippen LogP contribution in [0.2, 0.25) is 0 Å². The van der Waals surface area contributed by atoms with E-state index in [-0.39, 0.29) is 12.5 Å². The number of carbonyl (C=O) groups is 1. The maximum Gasteiger partial charge on any atom is 0.267 e. The van der Waals surface area contributed by atoms with Crippen molar-refractivity contribution in [2.45, 2.75) is 17.9 Å². The number of hydrogen-bond donors (Lipinski definition) is 1. The molecule has 1 aliphatic rings. The van der Waals surface area contributed by atoms with Crippen LogP contribution in [-0.4, -0.2) is 39.5 Å². The van der Waals surface area contributed by atoms with Crippen molar-refractivity contribution in [3.8, 4) is 5.75 Å². The van der Waals surface area contributed by atoms with E-state index in [9.17, 15) is 13.2 Å². The normalized spacial score (nSPS) is 16.6. The lowest BCUT2D eigenvalue weighted by Gasteiger charge is -2.34. The van der Waals surface area contributed by atoms with E-state index in [1.807, 2.05) is 37.4 Å². The molecule has 138 valence electrons.